The van der Waals surface area contributed by atoms with Gasteiger partial charge in [0, 0.05) is 63.7 Å². The van der Waals surface area contributed by atoms with E-state index in [9.17, 15) is 2.74 Å². The topological polar surface area (TPSA) is 33.5 Å². The lowest BCUT2D eigenvalue weighted by atomic mass is 9.78. The van der Waals surface area contributed by atoms with Gasteiger partial charge in [-0.05, 0) is 116 Å². The second kappa shape index (κ2) is 17.3. The van der Waals surface area contributed by atoms with Crippen LogP contribution in [0.1, 0.15) is 105 Å². The summed E-state index contributed by atoms with van der Waals surface area (Å²) in [5.74, 6) is 2.14. The highest BCUT2D eigenvalue weighted by Gasteiger charge is 2.29. The Morgan fingerprint density at radius 1 is 0.435 bits per heavy atom. The molecule has 7 aromatic carbocycles. The first-order valence-corrected chi connectivity index (χ1v) is 24.2. The van der Waals surface area contributed by atoms with Crippen molar-refractivity contribution in [3.05, 3.63) is 228 Å². The van der Waals surface area contributed by atoms with Gasteiger partial charge in [-0.2, -0.15) is 0 Å². The van der Waals surface area contributed by atoms with Gasteiger partial charge in [0.15, 0.2) is 0 Å². The van der Waals surface area contributed by atoms with E-state index in [0.29, 0.717) is 18.2 Å². The minimum absolute atomic E-state index is 0.100. The summed E-state index contributed by atoms with van der Waals surface area (Å²) in [7, 11) is 0. The van der Waals surface area contributed by atoms with Gasteiger partial charge >= 0.3 is 0 Å². The number of pyridine rings is 1. The molecular weight excluding hydrogens is 841 g/mol. The Balaban J connectivity index is 1.10. The number of hydrogen-bond donors (Lipinski definition) is 0. The molecule has 10 rings (SSSR count). The molecular formula is C64H64N4O. The van der Waals surface area contributed by atoms with E-state index in [1.54, 1.807) is 0 Å². The van der Waals surface area contributed by atoms with Gasteiger partial charge in [-0.15, -0.1) is 0 Å². The molecule has 1 aliphatic heterocycles. The van der Waals surface area contributed by atoms with Crippen LogP contribution in [0.3, 0.4) is 0 Å². The van der Waals surface area contributed by atoms with Crippen LogP contribution in [-0.2, 0) is 21.7 Å². The van der Waals surface area contributed by atoms with Crippen LogP contribution in [0.15, 0.2) is 194 Å². The van der Waals surface area contributed by atoms with Crippen molar-refractivity contribution in [3.63, 3.8) is 0 Å². The number of nitrogens with zero attached hydrogens (tertiary/aromatic N) is 4. The number of rotatable bonds is 10. The normalized spacial score (nSPS) is 14.2. The molecule has 0 fully saturated rings. The molecule has 0 saturated heterocycles. The maximum atomic E-state index is 9.50. The largest absolute Gasteiger partial charge is 0.457 e. The molecule has 0 radical (unpaired) electrons. The molecule has 0 aliphatic carbocycles. The lowest BCUT2D eigenvalue weighted by Crippen LogP contribution is -2.26. The third-order valence-electron chi connectivity index (χ3n) is 14.3. The zero-order valence-corrected chi connectivity index (χ0v) is 41.7. The zero-order chi connectivity index (χ0) is 50.0. The van der Waals surface area contributed by atoms with Crippen molar-refractivity contribution in [2.45, 2.75) is 90.9 Å². The number of benzene rings is 7. The molecule has 0 spiro atoms. The molecule has 0 N–H and O–H groups in total. The summed E-state index contributed by atoms with van der Waals surface area (Å²) in [6.45, 7) is 22.7. The van der Waals surface area contributed by atoms with Crippen LogP contribution in [0.2, 0.25) is 0 Å². The van der Waals surface area contributed by atoms with E-state index in [0.717, 1.165) is 66.8 Å². The van der Waals surface area contributed by atoms with Gasteiger partial charge in [0.2, 0.25) is 0 Å². The van der Waals surface area contributed by atoms with Gasteiger partial charge < -0.3 is 14.5 Å². The Kier molecular flexibility index (Phi) is 10.8. The smallest absolute Gasteiger partial charge is 0.137 e. The number of ether oxygens (including phenoxy) is 1. The summed E-state index contributed by atoms with van der Waals surface area (Å²) in [6.07, 6.45) is 2.22. The first kappa shape index (κ1) is 42.9. The molecule has 0 unspecified atom stereocenters. The van der Waals surface area contributed by atoms with E-state index in [1.165, 1.54) is 16.7 Å². The molecule has 346 valence electrons. The number of aromatic nitrogens is 2. The lowest BCUT2D eigenvalue weighted by molar-refractivity contribution is 0.480. The van der Waals surface area contributed by atoms with Crippen molar-refractivity contribution in [3.8, 4) is 28.4 Å². The Bertz CT molecular complexity index is 3440. The van der Waals surface area contributed by atoms with E-state index < -0.39 is 5.41 Å². The minimum atomic E-state index is -0.426. The average molecular weight is 907 g/mol. The van der Waals surface area contributed by atoms with Crippen LogP contribution in [0, 0.1) is 0 Å². The fourth-order valence-corrected chi connectivity index (χ4v) is 9.65. The predicted molar refractivity (Wildman–Crippen MR) is 290 cm³/mol. The van der Waals surface area contributed by atoms with Gasteiger partial charge in [0.25, 0.3) is 0 Å². The third kappa shape index (κ3) is 8.83. The molecule has 0 atom stereocenters. The second-order valence-corrected chi connectivity index (χ2v) is 21.8. The molecule has 1 aliphatic rings. The average Bonchev–Trinajstić information content (AvgIpc) is 3.85. The van der Waals surface area contributed by atoms with E-state index in [-0.39, 0.29) is 28.6 Å². The monoisotopic (exact) mass is 907 g/mol. The quantitative estimate of drug-likeness (QED) is 0.137. The van der Waals surface area contributed by atoms with Gasteiger partial charge in [-0.3, -0.25) is 4.57 Å². The summed E-state index contributed by atoms with van der Waals surface area (Å²) in [5.41, 5.74) is 12.1. The van der Waals surface area contributed by atoms with E-state index >= 15 is 0 Å². The van der Waals surface area contributed by atoms with E-state index in [1.807, 2.05) is 28.1 Å². The molecule has 69 heavy (non-hydrogen) atoms. The van der Waals surface area contributed by atoms with Crippen LogP contribution in [0.25, 0.3) is 38.8 Å². The first-order chi connectivity index (χ1) is 33.8. The highest BCUT2D eigenvalue weighted by molar-refractivity contribution is 6.10. The number of fused-ring (bicyclic) bond motifs is 3. The first-order valence-electron chi connectivity index (χ1n) is 25.2. The summed E-state index contributed by atoms with van der Waals surface area (Å²) in [6, 6.07) is 62.1. The number of anilines is 2. The number of hydrogen-bond acceptors (Lipinski definition) is 4. The fraction of sp³-hybridized carbons (Fsp3) is 0.234. The Morgan fingerprint density at radius 3 is 1.61 bits per heavy atom. The molecule has 5 nitrogen and oxygen atoms in total. The standard InChI is InChI=1S/C64H64N4O/c1-61(2,3)49-35-50(62(4,5)6)37-52(36-49)66-32-33-67(43-66)53-38-51(64(9,10)47-24-18-13-19-25-47)39-55(41-53)69-54-27-28-56-57-34-45(44-20-14-11-15-21-44)26-29-58(57)68(59(56)42-54)60-40-48(30-31-65-60)63(7,8)46-22-16-12-17-23-46/h11-42H,43H2,1-10H3/i32D,33D. The zero-order valence-electron chi connectivity index (χ0n) is 43.7. The maximum absolute atomic E-state index is 9.50. The third-order valence-corrected chi connectivity index (χ3v) is 14.3. The van der Waals surface area contributed by atoms with Crippen LogP contribution in [0.4, 0.5) is 11.4 Å². The van der Waals surface area contributed by atoms with Crippen molar-refractivity contribution < 1.29 is 7.48 Å². The fourth-order valence-electron chi connectivity index (χ4n) is 9.65. The molecule has 9 aromatic rings. The van der Waals surface area contributed by atoms with Crippen LogP contribution >= 0.6 is 0 Å². The Morgan fingerprint density at radius 2 is 1.00 bits per heavy atom. The summed E-state index contributed by atoms with van der Waals surface area (Å²) in [4.78, 5) is 8.95. The van der Waals surface area contributed by atoms with E-state index in [4.69, 9.17) is 9.72 Å². The molecule has 2 aromatic heterocycles. The summed E-state index contributed by atoms with van der Waals surface area (Å²) < 4.78 is 28.2. The molecule has 5 heteroatoms. The van der Waals surface area contributed by atoms with Crippen molar-refractivity contribution in [2.75, 3.05) is 16.5 Å². The highest BCUT2D eigenvalue weighted by atomic mass is 16.5. The summed E-state index contributed by atoms with van der Waals surface area (Å²) >= 11 is 0. The minimum Gasteiger partial charge on any atom is -0.457 e. The Hall–Kier alpha value is -7.37. The van der Waals surface area contributed by atoms with Gasteiger partial charge in [0.05, 0.1) is 20.4 Å². The van der Waals surface area contributed by atoms with Crippen LogP contribution in [-0.4, -0.2) is 16.2 Å². The second-order valence-electron chi connectivity index (χ2n) is 21.8. The van der Waals surface area contributed by atoms with Crippen LogP contribution < -0.4 is 14.5 Å². The predicted octanol–water partition coefficient (Wildman–Crippen LogP) is 16.6. The SMILES string of the molecule is [2H]C1=C([2H])N(c2cc(Oc3ccc4c5cc(-c6ccccc6)ccc5n(-c5cc(C(C)(C)c6ccccc6)ccn5)c4c3)cc(C(C)(C)c3ccccc3)c2)CN1c1cc(C(C)(C)C)cc(C(C)(C)C)c1. The van der Waals surface area contributed by atoms with Crippen molar-refractivity contribution in [1.29, 1.82) is 0 Å². The Labute approximate surface area is 412 Å². The maximum Gasteiger partial charge on any atom is 0.137 e. The summed E-state index contributed by atoms with van der Waals surface area (Å²) in [5, 5.41) is 2.21. The van der Waals surface area contributed by atoms with Crippen molar-refractivity contribution >= 4 is 33.2 Å². The van der Waals surface area contributed by atoms with Crippen molar-refractivity contribution in [1.82, 2.24) is 9.55 Å². The molecule has 0 bridgehead atoms. The van der Waals surface area contributed by atoms with Gasteiger partial charge in [-0.25, -0.2) is 4.98 Å². The van der Waals surface area contributed by atoms with E-state index in [2.05, 4.69) is 238 Å². The van der Waals surface area contributed by atoms with Crippen molar-refractivity contribution in [2.24, 2.45) is 0 Å². The van der Waals surface area contributed by atoms with Gasteiger partial charge in [-0.1, -0.05) is 172 Å². The van der Waals surface area contributed by atoms with Gasteiger partial charge in [0.1, 0.15) is 17.3 Å². The van der Waals surface area contributed by atoms with Crippen LogP contribution in [0.5, 0.6) is 11.5 Å². The molecule has 3 heterocycles. The molecule has 0 amide bonds. The molecule has 0 saturated carbocycles. The lowest BCUT2D eigenvalue weighted by Gasteiger charge is -2.30. The highest BCUT2D eigenvalue weighted by Crippen LogP contribution is 2.42.